The van der Waals surface area contributed by atoms with Gasteiger partial charge in [-0.05, 0) is 26.4 Å². The van der Waals surface area contributed by atoms with Crippen LogP contribution >= 0.6 is 0 Å². The number of anilines is 1. The lowest BCUT2D eigenvalue weighted by molar-refractivity contribution is -0.384. The third kappa shape index (κ3) is 3.36. The molecule has 21 heavy (non-hydrogen) atoms. The zero-order chi connectivity index (χ0) is 15.4. The number of hydrogen-bond donors (Lipinski definition) is 1. The van der Waals surface area contributed by atoms with Crippen LogP contribution in [0, 0.1) is 10.1 Å². The molecule has 0 bridgehead atoms. The second-order valence-electron chi connectivity index (χ2n) is 5.14. The summed E-state index contributed by atoms with van der Waals surface area (Å²) < 4.78 is 10.3. The predicted octanol–water partition coefficient (Wildman–Crippen LogP) is 2.12. The van der Waals surface area contributed by atoms with E-state index in [1.54, 1.807) is 6.07 Å². The van der Waals surface area contributed by atoms with E-state index < -0.39 is 4.92 Å². The minimum Gasteiger partial charge on any atom is -0.493 e. The fourth-order valence-corrected chi connectivity index (χ4v) is 2.63. The smallest absolute Gasteiger partial charge is 0.296 e. The van der Waals surface area contributed by atoms with E-state index in [0.29, 0.717) is 29.8 Å². The van der Waals surface area contributed by atoms with Crippen LogP contribution in [0.3, 0.4) is 0 Å². The number of likely N-dealkylation sites (tertiary alicyclic amines) is 1. The molecule has 1 aliphatic rings. The predicted molar refractivity (Wildman–Crippen MR) is 80.3 cm³/mol. The van der Waals surface area contributed by atoms with E-state index in [2.05, 4.69) is 17.3 Å². The van der Waals surface area contributed by atoms with Gasteiger partial charge < -0.3 is 19.7 Å². The third-order valence-corrected chi connectivity index (χ3v) is 3.90. The van der Waals surface area contributed by atoms with Gasteiger partial charge in [0.1, 0.15) is 5.69 Å². The van der Waals surface area contributed by atoms with Crippen LogP contribution in [-0.4, -0.2) is 50.2 Å². The number of nitro benzene ring substituents is 1. The highest BCUT2D eigenvalue weighted by molar-refractivity contribution is 5.68. The van der Waals surface area contributed by atoms with Crippen molar-refractivity contribution in [3.63, 3.8) is 0 Å². The molecule has 1 saturated heterocycles. The molecule has 1 heterocycles. The van der Waals surface area contributed by atoms with Gasteiger partial charge in [0.25, 0.3) is 5.69 Å². The van der Waals surface area contributed by atoms with E-state index in [1.807, 2.05) is 0 Å². The Balaban J connectivity index is 2.21. The van der Waals surface area contributed by atoms with Crippen molar-refractivity contribution in [1.29, 1.82) is 0 Å². The van der Waals surface area contributed by atoms with Crippen LogP contribution in [0.25, 0.3) is 0 Å². The number of methoxy groups -OCH3 is 2. The molecule has 1 fully saturated rings. The van der Waals surface area contributed by atoms with E-state index in [9.17, 15) is 10.1 Å². The summed E-state index contributed by atoms with van der Waals surface area (Å²) >= 11 is 0. The maximum absolute atomic E-state index is 11.2. The van der Waals surface area contributed by atoms with Crippen molar-refractivity contribution in [2.75, 3.05) is 39.7 Å². The molecule has 0 aromatic heterocycles. The average molecular weight is 295 g/mol. The van der Waals surface area contributed by atoms with Crippen LogP contribution in [0.1, 0.15) is 12.8 Å². The van der Waals surface area contributed by atoms with Crippen LogP contribution in [0.5, 0.6) is 11.5 Å². The Labute approximate surface area is 124 Å². The van der Waals surface area contributed by atoms with Crippen molar-refractivity contribution in [2.45, 2.75) is 18.9 Å². The van der Waals surface area contributed by atoms with Gasteiger partial charge in [0.05, 0.1) is 25.2 Å². The Bertz CT molecular complexity index is 521. The molecule has 0 spiro atoms. The molecule has 0 radical (unpaired) electrons. The summed E-state index contributed by atoms with van der Waals surface area (Å²) in [7, 11) is 5.04. The number of hydrogen-bond acceptors (Lipinski definition) is 6. The third-order valence-electron chi connectivity index (χ3n) is 3.90. The Morgan fingerprint density at radius 2 is 2.05 bits per heavy atom. The summed E-state index contributed by atoms with van der Waals surface area (Å²) in [5.41, 5.74) is 0.450. The van der Waals surface area contributed by atoms with Gasteiger partial charge in [-0.3, -0.25) is 10.1 Å². The Hall–Kier alpha value is -2.02. The second kappa shape index (κ2) is 6.62. The van der Waals surface area contributed by atoms with Gasteiger partial charge in [-0.1, -0.05) is 0 Å². The van der Waals surface area contributed by atoms with E-state index in [4.69, 9.17) is 9.47 Å². The molecular formula is C14H21N3O4. The van der Waals surface area contributed by atoms with Crippen LogP contribution in [0.2, 0.25) is 0 Å². The molecule has 116 valence electrons. The molecule has 1 aromatic rings. The first kappa shape index (κ1) is 15.4. The summed E-state index contributed by atoms with van der Waals surface area (Å²) in [5.74, 6) is 0.832. The van der Waals surface area contributed by atoms with E-state index in [1.165, 1.54) is 20.3 Å². The quantitative estimate of drug-likeness (QED) is 0.640. The minimum atomic E-state index is -0.414. The number of rotatable bonds is 6. The van der Waals surface area contributed by atoms with Crippen molar-refractivity contribution in [2.24, 2.45) is 0 Å². The highest BCUT2D eigenvalue weighted by atomic mass is 16.6. The molecule has 0 aliphatic carbocycles. The minimum absolute atomic E-state index is 0.00620. The summed E-state index contributed by atoms with van der Waals surface area (Å²) in [5, 5.41) is 14.4. The molecular weight excluding hydrogens is 274 g/mol. The Kier molecular flexibility index (Phi) is 4.85. The van der Waals surface area contributed by atoms with Gasteiger partial charge in [-0.15, -0.1) is 0 Å². The van der Waals surface area contributed by atoms with E-state index in [-0.39, 0.29) is 5.69 Å². The zero-order valence-corrected chi connectivity index (χ0v) is 12.6. The summed E-state index contributed by atoms with van der Waals surface area (Å²) in [4.78, 5) is 13.1. The van der Waals surface area contributed by atoms with Gasteiger partial charge in [-0.2, -0.15) is 0 Å². The largest absolute Gasteiger partial charge is 0.493 e. The average Bonchev–Trinajstić information content (AvgIpc) is 2.89. The van der Waals surface area contributed by atoms with E-state index >= 15 is 0 Å². The topological polar surface area (TPSA) is 76.9 Å². The van der Waals surface area contributed by atoms with Crippen LogP contribution in [0.15, 0.2) is 12.1 Å². The standard InChI is InChI=1S/C14H21N3O4/c1-16-6-4-5-10(16)9-15-11-7-13(20-2)14(21-3)8-12(11)17(18)19/h7-8,10,15H,4-6,9H2,1-3H3. The molecule has 7 heteroatoms. The molecule has 0 saturated carbocycles. The number of nitrogens with zero attached hydrogens (tertiary/aromatic N) is 2. The maximum atomic E-state index is 11.2. The van der Waals surface area contributed by atoms with Crippen molar-refractivity contribution in [3.05, 3.63) is 22.2 Å². The molecule has 1 aliphatic heterocycles. The fraction of sp³-hybridized carbons (Fsp3) is 0.571. The lowest BCUT2D eigenvalue weighted by Gasteiger charge is -2.20. The van der Waals surface area contributed by atoms with Gasteiger partial charge in [-0.25, -0.2) is 0 Å². The Morgan fingerprint density at radius 3 is 2.57 bits per heavy atom. The van der Waals surface area contributed by atoms with Gasteiger partial charge in [0, 0.05) is 18.7 Å². The monoisotopic (exact) mass is 295 g/mol. The van der Waals surface area contributed by atoms with Crippen LogP contribution in [0.4, 0.5) is 11.4 Å². The van der Waals surface area contributed by atoms with Crippen molar-refractivity contribution >= 4 is 11.4 Å². The lowest BCUT2D eigenvalue weighted by Crippen LogP contribution is -2.31. The molecule has 1 unspecified atom stereocenters. The van der Waals surface area contributed by atoms with Crippen molar-refractivity contribution in [1.82, 2.24) is 4.90 Å². The first-order chi connectivity index (χ1) is 10.1. The van der Waals surface area contributed by atoms with Crippen molar-refractivity contribution in [3.8, 4) is 11.5 Å². The first-order valence-electron chi connectivity index (χ1n) is 6.91. The Morgan fingerprint density at radius 1 is 1.38 bits per heavy atom. The maximum Gasteiger partial charge on any atom is 0.296 e. The van der Waals surface area contributed by atoms with Crippen molar-refractivity contribution < 1.29 is 14.4 Å². The van der Waals surface area contributed by atoms with Crippen LogP contribution < -0.4 is 14.8 Å². The number of ether oxygens (including phenoxy) is 2. The van der Waals surface area contributed by atoms with Gasteiger partial charge in [0.2, 0.25) is 0 Å². The normalized spacial score (nSPS) is 18.5. The first-order valence-corrected chi connectivity index (χ1v) is 6.91. The molecule has 7 nitrogen and oxygen atoms in total. The number of likely N-dealkylation sites (N-methyl/N-ethyl adjacent to an activating group) is 1. The highest BCUT2D eigenvalue weighted by Crippen LogP contribution is 2.37. The molecule has 0 amide bonds. The molecule has 1 aromatic carbocycles. The van der Waals surface area contributed by atoms with Gasteiger partial charge in [0.15, 0.2) is 11.5 Å². The summed E-state index contributed by atoms with van der Waals surface area (Å²) in [6, 6.07) is 3.41. The lowest BCUT2D eigenvalue weighted by atomic mass is 10.2. The fourth-order valence-electron chi connectivity index (χ4n) is 2.63. The molecule has 2 rings (SSSR count). The summed E-state index contributed by atoms with van der Waals surface area (Å²) in [6.45, 7) is 1.74. The number of benzene rings is 1. The molecule has 1 atom stereocenters. The zero-order valence-electron chi connectivity index (χ0n) is 12.6. The summed E-state index contributed by atoms with van der Waals surface area (Å²) in [6.07, 6.45) is 2.27. The van der Waals surface area contributed by atoms with Crippen LogP contribution in [-0.2, 0) is 0 Å². The van der Waals surface area contributed by atoms with Gasteiger partial charge >= 0.3 is 0 Å². The second-order valence-corrected chi connectivity index (χ2v) is 5.14. The highest BCUT2D eigenvalue weighted by Gasteiger charge is 2.23. The number of nitrogens with one attached hydrogen (secondary N) is 1. The van der Waals surface area contributed by atoms with E-state index in [0.717, 1.165) is 19.4 Å². The SMILES string of the molecule is COc1cc(NCC2CCCN2C)c([N+](=O)[O-])cc1OC. The molecule has 1 N–H and O–H groups in total. The number of nitro groups is 1.